The summed E-state index contributed by atoms with van der Waals surface area (Å²) in [5, 5.41) is 6.42. The lowest BCUT2D eigenvalue weighted by Gasteiger charge is -2.39. The van der Waals surface area contributed by atoms with Crippen LogP contribution in [0.1, 0.15) is 45.1 Å². The molecular formula is C27H30N2O3S. The molecule has 2 aliphatic rings. The molecule has 0 saturated heterocycles. The Hall–Kier alpha value is -2.99. The maximum atomic E-state index is 13.7. The molecule has 1 amide bonds. The van der Waals surface area contributed by atoms with Gasteiger partial charge in [0.15, 0.2) is 5.78 Å². The monoisotopic (exact) mass is 462 g/mol. The number of ether oxygens (including phenoxy) is 1. The fourth-order valence-electron chi connectivity index (χ4n) is 4.80. The van der Waals surface area contributed by atoms with Crippen molar-refractivity contribution in [3.63, 3.8) is 0 Å². The number of dihydropyridines is 1. The number of thioether (sulfide) groups is 1. The Kier molecular flexibility index (Phi) is 6.39. The summed E-state index contributed by atoms with van der Waals surface area (Å²) in [5.41, 5.74) is 4.39. The van der Waals surface area contributed by atoms with Crippen LogP contribution in [0.3, 0.4) is 0 Å². The van der Waals surface area contributed by atoms with Gasteiger partial charge in [0.1, 0.15) is 5.75 Å². The Bertz CT molecular complexity index is 1160. The summed E-state index contributed by atoms with van der Waals surface area (Å²) in [6.07, 6.45) is 3.27. The molecule has 0 saturated carbocycles. The molecule has 0 spiro atoms. The highest BCUT2D eigenvalue weighted by molar-refractivity contribution is 7.98. The number of rotatable bonds is 5. The quantitative estimate of drug-likeness (QED) is 0.561. The normalized spacial score (nSPS) is 19.7. The molecule has 4 rings (SSSR count). The number of Topliss-reactive ketones (excluding diaryl/α,β-unsaturated/α-hetero) is 1. The Labute approximate surface area is 199 Å². The Morgan fingerprint density at radius 2 is 1.82 bits per heavy atom. The molecule has 0 bridgehead atoms. The number of carbonyl (C=O) groups excluding carboxylic acids is 2. The van der Waals surface area contributed by atoms with Gasteiger partial charge >= 0.3 is 0 Å². The number of benzene rings is 2. The summed E-state index contributed by atoms with van der Waals surface area (Å²) in [5.74, 6) is 0.0232. The number of para-hydroxylation sites is 2. The van der Waals surface area contributed by atoms with E-state index < -0.39 is 5.92 Å². The summed E-state index contributed by atoms with van der Waals surface area (Å²) in [7, 11) is 1.58. The van der Waals surface area contributed by atoms with Gasteiger partial charge in [0, 0.05) is 39.8 Å². The number of carbonyl (C=O) groups is 2. The minimum Gasteiger partial charge on any atom is -0.495 e. The van der Waals surface area contributed by atoms with Crippen LogP contribution in [0.2, 0.25) is 0 Å². The number of methoxy groups -OCH3 is 1. The molecule has 1 aliphatic heterocycles. The summed E-state index contributed by atoms with van der Waals surface area (Å²) in [6.45, 7) is 6.14. The van der Waals surface area contributed by atoms with Crippen molar-refractivity contribution in [2.45, 2.75) is 44.4 Å². The minimum absolute atomic E-state index is 0.0998. The van der Waals surface area contributed by atoms with Crippen LogP contribution >= 0.6 is 11.8 Å². The number of hydrogen-bond donors (Lipinski definition) is 2. The molecule has 2 aromatic rings. The van der Waals surface area contributed by atoms with E-state index in [2.05, 4.69) is 24.5 Å². The van der Waals surface area contributed by atoms with Crippen LogP contribution < -0.4 is 15.4 Å². The first-order valence-electron chi connectivity index (χ1n) is 11.1. The molecule has 1 atom stereocenters. The number of nitrogens with one attached hydrogen (secondary N) is 2. The summed E-state index contributed by atoms with van der Waals surface area (Å²) in [4.78, 5) is 28.2. The minimum atomic E-state index is -0.421. The fourth-order valence-corrected chi connectivity index (χ4v) is 5.21. The third-order valence-electron chi connectivity index (χ3n) is 6.29. The lowest BCUT2D eigenvalue weighted by Crippen LogP contribution is -2.39. The maximum absolute atomic E-state index is 13.7. The Balaban J connectivity index is 1.80. The van der Waals surface area contributed by atoms with E-state index in [1.165, 1.54) is 0 Å². The summed E-state index contributed by atoms with van der Waals surface area (Å²) in [6, 6.07) is 15.5. The van der Waals surface area contributed by atoms with Crippen LogP contribution in [-0.4, -0.2) is 25.1 Å². The van der Waals surface area contributed by atoms with Crippen molar-refractivity contribution in [1.82, 2.24) is 5.32 Å². The Morgan fingerprint density at radius 3 is 2.48 bits per heavy atom. The highest BCUT2D eigenvalue weighted by atomic mass is 32.2. The molecule has 2 aromatic carbocycles. The molecule has 1 unspecified atom stereocenters. The molecule has 2 N–H and O–H groups in total. The average Bonchev–Trinajstić information content (AvgIpc) is 2.77. The summed E-state index contributed by atoms with van der Waals surface area (Å²) >= 11 is 1.66. The van der Waals surface area contributed by atoms with Crippen LogP contribution in [0.5, 0.6) is 5.75 Å². The van der Waals surface area contributed by atoms with Crippen molar-refractivity contribution in [3.05, 3.63) is 76.6 Å². The number of ketones is 1. The van der Waals surface area contributed by atoms with Crippen molar-refractivity contribution in [3.8, 4) is 5.75 Å². The van der Waals surface area contributed by atoms with Gasteiger partial charge in [-0.15, -0.1) is 11.8 Å². The molecule has 0 fully saturated rings. The predicted molar refractivity (Wildman–Crippen MR) is 133 cm³/mol. The second-order valence-electron chi connectivity index (χ2n) is 9.36. The zero-order chi connectivity index (χ0) is 23.8. The molecule has 1 heterocycles. The van der Waals surface area contributed by atoms with Gasteiger partial charge in [-0.1, -0.05) is 38.1 Å². The second kappa shape index (κ2) is 9.10. The van der Waals surface area contributed by atoms with Crippen molar-refractivity contribution < 1.29 is 14.3 Å². The number of anilines is 1. The van der Waals surface area contributed by atoms with Crippen molar-refractivity contribution >= 4 is 29.1 Å². The van der Waals surface area contributed by atoms with Gasteiger partial charge in [0.2, 0.25) is 0 Å². The molecule has 0 aromatic heterocycles. The molecule has 33 heavy (non-hydrogen) atoms. The van der Waals surface area contributed by atoms with E-state index in [0.717, 1.165) is 28.3 Å². The summed E-state index contributed by atoms with van der Waals surface area (Å²) < 4.78 is 5.41. The van der Waals surface area contributed by atoms with E-state index in [4.69, 9.17) is 4.74 Å². The lowest BCUT2D eigenvalue weighted by molar-refractivity contribution is -0.118. The van der Waals surface area contributed by atoms with Gasteiger partial charge in [-0.05, 0) is 54.8 Å². The average molecular weight is 463 g/mol. The highest BCUT2D eigenvalue weighted by Crippen LogP contribution is 2.47. The predicted octanol–water partition coefficient (Wildman–Crippen LogP) is 5.66. The van der Waals surface area contributed by atoms with E-state index in [0.29, 0.717) is 29.0 Å². The first kappa shape index (κ1) is 23.2. The van der Waals surface area contributed by atoms with Crippen LogP contribution in [0.25, 0.3) is 0 Å². The molecule has 0 radical (unpaired) electrons. The molecule has 5 nitrogen and oxygen atoms in total. The van der Waals surface area contributed by atoms with Crippen molar-refractivity contribution in [2.24, 2.45) is 5.41 Å². The molecule has 172 valence electrons. The second-order valence-corrected chi connectivity index (χ2v) is 10.2. The first-order chi connectivity index (χ1) is 15.7. The molecule has 6 heteroatoms. The van der Waals surface area contributed by atoms with E-state index in [9.17, 15) is 9.59 Å². The number of amides is 1. The van der Waals surface area contributed by atoms with Crippen LogP contribution in [0.15, 0.2) is 76.0 Å². The van der Waals surface area contributed by atoms with E-state index >= 15 is 0 Å². The maximum Gasteiger partial charge on any atom is 0.254 e. The van der Waals surface area contributed by atoms with Crippen LogP contribution in [0.4, 0.5) is 5.69 Å². The van der Waals surface area contributed by atoms with Gasteiger partial charge in [-0.25, -0.2) is 0 Å². The van der Waals surface area contributed by atoms with Crippen molar-refractivity contribution in [1.29, 1.82) is 0 Å². The number of hydrogen-bond acceptors (Lipinski definition) is 5. The first-order valence-corrected chi connectivity index (χ1v) is 12.3. The zero-order valence-corrected chi connectivity index (χ0v) is 20.6. The topological polar surface area (TPSA) is 67.4 Å². The van der Waals surface area contributed by atoms with Crippen LogP contribution in [0, 0.1) is 5.41 Å². The number of allylic oxidation sites excluding steroid dienone is 3. The molecular weight excluding hydrogens is 432 g/mol. The fraction of sp³-hybridized carbons (Fsp3) is 0.333. The van der Waals surface area contributed by atoms with Gasteiger partial charge in [0.05, 0.1) is 12.8 Å². The van der Waals surface area contributed by atoms with Gasteiger partial charge in [-0.3, -0.25) is 9.59 Å². The van der Waals surface area contributed by atoms with E-state index in [-0.39, 0.29) is 17.1 Å². The largest absolute Gasteiger partial charge is 0.495 e. The zero-order valence-electron chi connectivity index (χ0n) is 19.7. The van der Waals surface area contributed by atoms with E-state index in [1.54, 1.807) is 18.9 Å². The third kappa shape index (κ3) is 4.58. The lowest BCUT2D eigenvalue weighted by atomic mass is 9.68. The van der Waals surface area contributed by atoms with Crippen molar-refractivity contribution in [2.75, 3.05) is 18.7 Å². The SMILES string of the molecule is COc1ccccc1NC(=O)C1=C(C)NC2=C(C(=O)CC(C)(C)C2)C1c1ccc(SC)cc1. The van der Waals surface area contributed by atoms with E-state index in [1.807, 2.05) is 61.7 Å². The standard InChI is InChI=1S/C27H30N2O3S/c1-16-23(26(31)29-19-8-6-7-9-22(19)32-4)24(17-10-12-18(33-5)13-11-17)25-20(28-16)14-27(2,3)15-21(25)30/h6-13,24,28H,14-15H2,1-5H3,(H,29,31). The van der Waals surface area contributed by atoms with Gasteiger partial charge in [-0.2, -0.15) is 0 Å². The molecule has 1 aliphatic carbocycles. The highest BCUT2D eigenvalue weighted by Gasteiger charge is 2.42. The van der Waals surface area contributed by atoms with Gasteiger partial charge < -0.3 is 15.4 Å². The van der Waals surface area contributed by atoms with Gasteiger partial charge in [0.25, 0.3) is 5.91 Å². The smallest absolute Gasteiger partial charge is 0.254 e. The third-order valence-corrected chi connectivity index (χ3v) is 7.03. The van der Waals surface area contributed by atoms with Crippen LogP contribution in [-0.2, 0) is 9.59 Å². The Morgan fingerprint density at radius 1 is 1.12 bits per heavy atom.